The fourth-order valence-corrected chi connectivity index (χ4v) is 1.83. The first-order chi connectivity index (χ1) is 8.22. The maximum atomic E-state index is 11.7. The summed E-state index contributed by atoms with van der Waals surface area (Å²) in [5.41, 5.74) is 0.927. The number of pyridine rings is 1. The molecule has 1 heterocycles. The number of hydrogen-bond acceptors (Lipinski definition) is 3. The van der Waals surface area contributed by atoms with Gasteiger partial charge in [-0.25, -0.2) is 4.98 Å². The number of nitrogens with zero attached hydrogens (tertiary/aromatic N) is 1. The van der Waals surface area contributed by atoms with Crippen molar-refractivity contribution in [2.75, 3.05) is 6.61 Å². The van der Waals surface area contributed by atoms with Crippen LogP contribution in [0.25, 0.3) is 0 Å². The van der Waals surface area contributed by atoms with Crippen LogP contribution in [0.3, 0.4) is 0 Å². The van der Waals surface area contributed by atoms with Gasteiger partial charge in [-0.15, -0.1) is 0 Å². The van der Waals surface area contributed by atoms with Crippen LogP contribution in [0.2, 0.25) is 0 Å². The van der Waals surface area contributed by atoms with Crippen LogP contribution < -0.4 is 10.1 Å². The summed E-state index contributed by atoms with van der Waals surface area (Å²) in [6, 6.07) is 3.78. The van der Waals surface area contributed by atoms with Gasteiger partial charge in [0, 0.05) is 24.2 Å². The molecule has 2 rings (SSSR count). The summed E-state index contributed by atoms with van der Waals surface area (Å²) in [6.07, 6.45) is 2.70. The van der Waals surface area contributed by atoms with Crippen molar-refractivity contribution in [3.05, 3.63) is 23.9 Å². The summed E-state index contributed by atoms with van der Waals surface area (Å²) in [4.78, 5) is 15.8. The Labute approximate surface area is 101 Å². The SMILES string of the molecule is CCOc1ncccc1CNC(=O)C1CC1C. The second-order valence-corrected chi connectivity index (χ2v) is 4.44. The first kappa shape index (κ1) is 11.9. The van der Waals surface area contributed by atoms with E-state index in [0.29, 0.717) is 24.9 Å². The van der Waals surface area contributed by atoms with E-state index >= 15 is 0 Å². The largest absolute Gasteiger partial charge is 0.478 e. The van der Waals surface area contributed by atoms with E-state index in [-0.39, 0.29) is 11.8 Å². The minimum atomic E-state index is 0.142. The number of amides is 1. The molecule has 0 radical (unpaired) electrons. The quantitative estimate of drug-likeness (QED) is 0.844. The maximum Gasteiger partial charge on any atom is 0.223 e. The highest BCUT2D eigenvalue weighted by molar-refractivity contribution is 5.81. The van der Waals surface area contributed by atoms with Gasteiger partial charge in [0.2, 0.25) is 11.8 Å². The van der Waals surface area contributed by atoms with Crippen LogP contribution in [-0.2, 0) is 11.3 Å². The second kappa shape index (κ2) is 5.17. The molecule has 1 amide bonds. The Morgan fingerprint density at radius 1 is 1.65 bits per heavy atom. The third-order valence-electron chi connectivity index (χ3n) is 3.03. The number of aromatic nitrogens is 1. The summed E-state index contributed by atoms with van der Waals surface area (Å²) >= 11 is 0. The highest BCUT2D eigenvalue weighted by Gasteiger charge is 2.38. The van der Waals surface area contributed by atoms with Crippen LogP contribution in [0.4, 0.5) is 0 Å². The van der Waals surface area contributed by atoms with Crippen LogP contribution in [0.1, 0.15) is 25.8 Å². The van der Waals surface area contributed by atoms with E-state index < -0.39 is 0 Å². The molecule has 1 aromatic heterocycles. The fraction of sp³-hybridized carbons (Fsp3) is 0.538. The zero-order valence-electron chi connectivity index (χ0n) is 10.3. The molecule has 0 bridgehead atoms. The highest BCUT2D eigenvalue weighted by Crippen LogP contribution is 2.37. The van der Waals surface area contributed by atoms with Crippen LogP contribution in [0, 0.1) is 11.8 Å². The van der Waals surface area contributed by atoms with Gasteiger partial charge in [-0.1, -0.05) is 13.0 Å². The average molecular weight is 234 g/mol. The number of ether oxygens (including phenoxy) is 1. The first-order valence-electron chi connectivity index (χ1n) is 6.06. The molecule has 1 N–H and O–H groups in total. The van der Waals surface area contributed by atoms with Gasteiger partial charge in [-0.2, -0.15) is 0 Å². The van der Waals surface area contributed by atoms with E-state index in [1.807, 2.05) is 19.1 Å². The topological polar surface area (TPSA) is 51.2 Å². The standard InChI is InChI=1S/C13H18N2O2/c1-3-17-13-10(5-4-6-14-13)8-15-12(16)11-7-9(11)2/h4-6,9,11H,3,7-8H2,1-2H3,(H,15,16). The maximum absolute atomic E-state index is 11.7. The zero-order chi connectivity index (χ0) is 12.3. The third kappa shape index (κ3) is 2.96. The minimum absolute atomic E-state index is 0.142. The Morgan fingerprint density at radius 3 is 3.06 bits per heavy atom. The van der Waals surface area contributed by atoms with Gasteiger partial charge in [-0.3, -0.25) is 4.79 Å². The van der Waals surface area contributed by atoms with Crippen LogP contribution in [-0.4, -0.2) is 17.5 Å². The summed E-state index contributed by atoms with van der Waals surface area (Å²) in [5, 5.41) is 2.93. The Kier molecular flexibility index (Phi) is 3.61. The van der Waals surface area contributed by atoms with Crippen molar-refractivity contribution in [1.29, 1.82) is 0 Å². The molecular formula is C13H18N2O2. The molecule has 0 aromatic carbocycles. The average Bonchev–Trinajstić information content (AvgIpc) is 3.05. The Morgan fingerprint density at radius 2 is 2.41 bits per heavy atom. The molecule has 1 saturated carbocycles. The monoisotopic (exact) mass is 234 g/mol. The van der Waals surface area contributed by atoms with E-state index in [9.17, 15) is 4.79 Å². The lowest BCUT2D eigenvalue weighted by Crippen LogP contribution is -2.25. The van der Waals surface area contributed by atoms with Gasteiger partial charge in [0.1, 0.15) is 0 Å². The molecular weight excluding hydrogens is 216 g/mol. The van der Waals surface area contributed by atoms with E-state index in [0.717, 1.165) is 12.0 Å². The summed E-state index contributed by atoms with van der Waals surface area (Å²) in [7, 11) is 0. The molecule has 2 unspecified atom stereocenters. The Bertz CT molecular complexity index is 406. The van der Waals surface area contributed by atoms with E-state index in [4.69, 9.17) is 4.74 Å². The summed E-state index contributed by atoms with van der Waals surface area (Å²) < 4.78 is 5.40. The Hall–Kier alpha value is -1.58. The predicted octanol–water partition coefficient (Wildman–Crippen LogP) is 1.75. The molecule has 0 aliphatic heterocycles. The van der Waals surface area contributed by atoms with Crippen LogP contribution in [0.15, 0.2) is 18.3 Å². The van der Waals surface area contributed by atoms with Crippen LogP contribution in [0.5, 0.6) is 5.88 Å². The molecule has 1 aliphatic carbocycles. The molecule has 17 heavy (non-hydrogen) atoms. The van der Waals surface area contributed by atoms with Crippen molar-refractivity contribution in [2.45, 2.75) is 26.8 Å². The minimum Gasteiger partial charge on any atom is -0.478 e. The lowest BCUT2D eigenvalue weighted by molar-refractivity contribution is -0.122. The van der Waals surface area contributed by atoms with Gasteiger partial charge in [0.25, 0.3) is 0 Å². The van der Waals surface area contributed by atoms with Crippen molar-refractivity contribution in [3.63, 3.8) is 0 Å². The van der Waals surface area contributed by atoms with Gasteiger partial charge in [0.15, 0.2) is 0 Å². The number of rotatable bonds is 5. The van der Waals surface area contributed by atoms with Crippen molar-refractivity contribution in [1.82, 2.24) is 10.3 Å². The third-order valence-corrected chi connectivity index (χ3v) is 3.03. The zero-order valence-corrected chi connectivity index (χ0v) is 10.3. The molecule has 0 saturated heterocycles. The molecule has 1 aliphatic rings. The number of hydrogen-bond donors (Lipinski definition) is 1. The van der Waals surface area contributed by atoms with Crippen molar-refractivity contribution >= 4 is 5.91 Å². The molecule has 92 valence electrons. The molecule has 4 nitrogen and oxygen atoms in total. The van der Waals surface area contributed by atoms with E-state index in [1.165, 1.54) is 0 Å². The molecule has 2 atom stereocenters. The number of carbonyl (C=O) groups excluding carboxylic acids is 1. The van der Waals surface area contributed by atoms with Gasteiger partial charge >= 0.3 is 0 Å². The second-order valence-electron chi connectivity index (χ2n) is 4.44. The first-order valence-corrected chi connectivity index (χ1v) is 6.06. The van der Waals surface area contributed by atoms with Crippen molar-refractivity contribution in [3.8, 4) is 5.88 Å². The molecule has 1 aromatic rings. The predicted molar refractivity (Wildman–Crippen MR) is 64.5 cm³/mol. The number of nitrogens with one attached hydrogen (secondary N) is 1. The fourth-order valence-electron chi connectivity index (χ4n) is 1.83. The summed E-state index contributed by atoms with van der Waals surface area (Å²) in [5.74, 6) is 1.50. The van der Waals surface area contributed by atoms with E-state index in [2.05, 4.69) is 17.2 Å². The molecule has 1 fully saturated rings. The smallest absolute Gasteiger partial charge is 0.223 e. The lowest BCUT2D eigenvalue weighted by atomic mass is 10.2. The van der Waals surface area contributed by atoms with Crippen molar-refractivity contribution < 1.29 is 9.53 Å². The number of carbonyl (C=O) groups is 1. The summed E-state index contributed by atoms with van der Waals surface area (Å²) in [6.45, 7) is 5.09. The van der Waals surface area contributed by atoms with Gasteiger partial charge < -0.3 is 10.1 Å². The Balaban J connectivity index is 1.91. The molecule has 0 spiro atoms. The van der Waals surface area contributed by atoms with Gasteiger partial charge in [0.05, 0.1) is 6.61 Å². The normalized spacial score (nSPS) is 22.0. The van der Waals surface area contributed by atoms with Crippen LogP contribution >= 0.6 is 0 Å². The highest BCUT2D eigenvalue weighted by atomic mass is 16.5. The molecule has 4 heteroatoms. The lowest BCUT2D eigenvalue weighted by Gasteiger charge is -2.09. The van der Waals surface area contributed by atoms with E-state index in [1.54, 1.807) is 6.20 Å². The van der Waals surface area contributed by atoms with Crippen molar-refractivity contribution in [2.24, 2.45) is 11.8 Å². The van der Waals surface area contributed by atoms with Gasteiger partial charge in [-0.05, 0) is 25.3 Å².